The number of hydrogen-bond acceptors (Lipinski definition) is 6. The Hall–Kier alpha value is -3.69. The largest absolute Gasteiger partial charge is 0.464 e. The van der Waals surface area contributed by atoms with Crippen molar-refractivity contribution >= 4 is 34.4 Å². The molecule has 0 bridgehead atoms. The summed E-state index contributed by atoms with van der Waals surface area (Å²) in [6.45, 7) is 2.83. The molecule has 0 spiro atoms. The van der Waals surface area contributed by atoms with Crippen molar-refractivity contribution in [2.24, 2.45) is 0 Å². The lowest BCUT2D eigenvalue weighted by Crippen LogP contribution is -2.46. The van der Waals surface area contributed by atoms with Gasteiger partial charge >= 0.3 is 0 Å². The molecule has 0 radical (unpaired) electrons. The van der Waals surface area contributed by atoms with Gasteiger partial charge in [0.05, 0.1) is 11.6 Å². The van der Waals surface area contributed by atoms with E-state index in [0.717, 1.165) is 18.4 Å². The van der Waals surface area contributed by atoms with Crippen LogP contribution in [-0.4, -0.2) is 51.0 Å². The molecule has 1 saturated heterocycles. The lowest BCUT2D eigenvalue weighted by molar-refractivity contribution is -0.143. The third-order valence-corrected chi connectivity index (χ3v) is 6.81. The number of aryl methyl sites for hydroxylation is 1. The Balaban J connectivity index is 1.49. The molecule has 2 aromatic heterocycles. The Morgan fingerprint density at radius 1 is 1.16 bits per heavy atom. The number of aromatic nitrogens is 3. The number of ether oxygens (including phenoxy) is 1. The normalized spacial score (nSPS) is 16.1. The molecule has 0 aliphatic carbocycles. The number of furan rings is 1. The quantitative estimate of drug-likeness (QED) is 0.356. The Morgan fingerprint density at radius 2 is 1.97 bits per heavy atom. The number of hydrogen-bond donors (Lipinski definition) is 1. The van der Waals surface area contributed by atoms with Gasteiger partial charge in [0, 0.05) is 24.7 Å². The van der Waals surface area contributed by atoms with Crippen LogP contribution in [0.5, 0.6) is 0 Å². The molecule has 1 N–H and O–H groups in total. The molecule has 2 aromatic carbocycles. The summed E-state index contributed by atoms with van der Waals surface area (Å²) >= 11 is 6.47. The summed E-state index contributed by atoms with van der Waals surface area (Å²) in [5, 5.41) is 11.8. The first-order valence-corrected chi connectivity index (χ1v) is 12.6. The molecule has 5 rings (SSSR count). The topological polar surface area (TPSA) is 102 Å². The predicted molar refractivity (Wildman–Crippen MR) is 138 cm³/mol. The van der Waals surface area contributed by atoms with Gasteiger partial charge in [0.1, 0.15) is 23.6 Å². The number of halogens is 1. The van der Waals surface area contributed by atoms with Gasteiger partial charge in [-0.1, -0.05) is 47.1 Å². The van der Waals surface area contributed by atoms with Gasteiger partial charge in [-0.15, -0.1) is 5.10 Å². The fraction of sp³-hybridized carbons (Fsp3) is 0.333. The lowest BCUT2D eigenvalue weighted by atomic mass is 10.1. The number of para-hydroxylation sites is 1. The highest BCUT2D eigenvalue weighted by Gasteiger charge is 2.35. The first kappa shape index (κ1) is 25.0. The Kier molecular flexibility index (Phi) is 7.52. The van der Waals surface area contributed by atoms with Crippen molar-refractivity contribution in [3.63, 3.8) is 0 Å². The van der Waals surface area contributed by atoms with Crippen LogP contribution in [0.15, 0.2) is 65.1 Å². The van der Waals surface area contributed by atoms with Gasteiger partial charge in [0.2, 0.25) is 5.91 Å². The average Bonchev–Trinajstić information content (AvgIpc) is 3.66. The second-order valence-corrected chi connectivity index (χ2v) is 9.49. The van der Waals surface area contributed by atoms with Gasteiger partial charge in [-0.2, -0.15) is 0 Å². The number of nitrogens with one attached hydrogen (secondary N) is 1. The van der Waals surface area contributed by atoms with E-state index in [1.54, 1.807) is 25.1 Å². The van der Waals surface area contributed by atoms with Crippen LogP contribution in [-0.2, 0) is 27.4 Å². The van der Waals surface area contributed by atoms with Crippen LogP contribution in [0.25, 0.3) is 11.0 Å². The van der Waals surface area contributed by atoms with Crippen LogP contribution in [0, 0.1) is 6.92 Å². The molecular formula is C27H28ClN5O4. The van der Waals surface area contributed by atoms with Gasteiger partial charge in [0.15, 0.2) is 6.04 Å². The molecule has 2 amide bonds. The number of fused-ring (bicyclic) bond motifs is 1. The summed E-state index contributed by atoms with van der Waals surface area (Å²) in [7, 11) is 0. The minimum atomic E-state index is -1.02. The maximum atomic E-state index is 13.9. The van der Waals surface area contributed by atoms with Crippen LogP contribution in [0.1, 0.15) is 36.0 Å². The molecule has 0 saturated carbocycles. The third-order valence-electron chi connectivity index (χ3n) is 6.44. The molecule has 37 heavy (non-hydrogen) atoms. The van der Waals surface area contributed by atoms with E-state index in [4.69, 9.17) is 20.8 Å². The Labute approximate surface area is 219 Å². The lowest BCUT2D eigenvalue weighted by Gasteiger charge is -2.30. The van der Waals surface area contributed by atoms with Crippen molar-refractivity contribution in [2.45, 2.75) is 45.0 Å². The highest BCUT2D eigenvalue weighted by atomic mass is 35.5. The van der Waals surface area contributed by atoms with Gasteiger partial charge in [-0.05, 0) is 55.7 Å². The summed E-state index contributed by atoms with van der Waals surface area (Å²) in [4.78, 5) is 29.0. The molecule has 9 nitrogen and oxygen atoms in total. The number of rotatable bonds is 9. The van der Waals surface area contributed by atoms with Crippen molar-refractivity contribution in [3.8, 4) is 0 Å². The summed E-state index contributed by atoms with van der Waals surface area (Å²) < 4.78 is 13.1. The van der Waals surface area contributed by atoms with Crippen molar-refractivity contribution in [3.05, 3.63) is 82.8 Å². The van der Waals surface area contributed by atoms with E-state index in [9.17, 15) is 9.59 Å². The van der Waals surface area contributed by atoms with E-state index >= 15 is 0 Å². The smallest absolute Gasteiger partial charge is 0.250 e. The van der Waals surface area contributed by atoms with Crippen LogP contribution in [0.2, 0.25) is 5.02 Å². The molecule has 1 aliphatic rings. The van der Waals surface area contributed by atoms with E-state index in [0.29, 0.717) is 40.8 Å². The van der Waals surface area contributed by atoms with E-state index in [1.807, 2.05) is 42.5 Å². The fourth-order valence-corrected chi connectivity index (χ4v) is 4.72. The van der Waals surface area contributed by atoms with Gasteiger partial charge in [-0.25, -0.2) is 4.68 Å². The highest BCUT2D eigenvalue weighted by molar-refractivity contribution is 6.31. The summed E-state index contributed by atoms with van der Waals surface area (Å²) in [5.74, 6) is 0.320. The van der Waals surface area contributed by atoms with E-state index in [-0.39, 0.29) is 31.0 Å². The fourth-order valence-electron chi connectivity index (χ4n) is 4.53. The van der Waals surface area contributed by atoms with Crippen molar-refractivity contribution in [1.29, 1.82) is 0 Å². The first-order chi connectivity index (χ1) is 18.0. The van der Waals surface area contributed by atoms with Crippen molar-refractivity contribution in [1.82, 2.24) is 25.2 Å². The number of amides is 2. The number of carbonyl (C=O) groups is 2. The number of benzene rings is 2. The standard InChI is InChI=1S/C27H28ClN5O4/c1-18-12-13-24(37-18)26(27(35)29-15-20-8-6-14-36-20)32(16-19-7-2-3-9-21(19)28)25(34)17-33-23-11-5-4-10-22(23)30-31-33/h2-5,7,9-13,20,26H,6,8,14-17H2,1H3,(H,29,35)/t20-,26+/m1/s1. The Bertz CT molecular complexity index is 1390. The number of nitrogens with zero attached hydrogens (tertiary/aromatic N) is 4. The molecule has 3 heterocycles. The van der Waals surface area contributed by atoms with Crippen LogP contribution >= 0.6 is 11.6 Å². The maximum Gasteiger partial charge on any atom is 0.250 e. The first-order valence-electron chi connectivity index (χ1n) is 12.3. The van der Waals surface area contributed by atoms with Crippen LogP contribution in [0.4, 0.5) is 0 Å². The average molecular weight is 522 g/mol. The van der Waals surface area contributed by atoms with Gasteiger partial charge in [-0.3, -0.25) is 9.59 Å². The summed E-state index contributed by atoms with van der Waals surface area (Å²) in [6.07, 6.45) is 1.80. The molecule has 2 atom stereocenters. The molecule has 1 aliphatic heterocycles. The molecule has 1 fully saturated rings. The van der Waals surface area contributed by atoms with Crippen LogP contribution in [0.3, 0.4) is 0 Å². The SMILES string of the molecule is Cc1ccc([C@@H](C(=O)NC[C@H]2CCCO2)N(Cc2ccccc2Cl)C(=O)Cn2nnc3ccccc32)o1. The zero-order valence-corrected chi connectivity index (χ0v) is 21.2. The van der Waals surface area contributed by atoms with Crippen LogP contribution < -0.4 is 5.32 Å². The zero-order valence-electron chi connectivity index (χ0n) is 20.5. The Morgan fingerprint density at radius 3 is 2.73 bits per heavy atom. The minimum Gasteiger partial charge on any atom is -0.464 e. The van der Waals surface area contributed by atoms with Gasteiger partial charge < -0.3 is 19.4 Å². The molecular weight excluding hydrogens is 494 g/mol. The second-order valence-electron chi connectivity index (χ2n) is 9.08. The maximum absolute atomic E-state index is 13.9. The highest BCUT2D eigenvalue weighted by Crippen LogP contribution is 2.28. The van der Waals surface area contributed by atoms with Crippen molar-refractivity contribution < 1.29 is 18.7 Å². The van der Waals surface area contributed by atoms with Gasteiger partial charge in [0.25, 0.3) is 5.91 Å². The minimum absolute atomic E-state index is 0.0443. The molecule has 0 unspecified atom stereocenters. The summed E-state index contributed by atoms with van der Waals surface area (Å²) in [5.41, 5.74) is 2.11. The number of carbonyl (C=O) groups excluding carboxylic acids is 2. The third kappa shape index (κ3) is 5.68. The van der Waals surface area contributed by atoms with E-state index < -0.39 is 6.04 Å². The second kappa shape index (κ2) is 11.1. The zero-order chi connectivity index (χ0) is 25.8. The van der Waals surface area contributed by atoms with E-state index in [1.165, 1.54) is 9.58 Å². The summed E-state index contributed by atoms with van der Waals surface area (Å²) in [6, 6.07) is 17.1. The monoisotopic (exact) mass is 521 g/mol. The molecule has 192 valence electrons. The molecule has 4 aromatic rings. The predicted octanol–water partition coefficient (Wildman–Crippen LogP) is 4.05. The molecule has 10 heteroatoms. The van der Waals surface area contributed by atoms with E-state index in [2.05, 4.69) is 15.6 Å². The van der Waals surface area contributed by atoms with Crippen molar-refractivity contribution in [2.75, 3.05) is 13.2 Å².